The number of carbonyl (C=O) groups is 2. The second-order valence-electron chi connectivity index (χ2n) is 4.58. The predicted molar refractivity (Wildman–Crippen MR) is 83.2 cm³/mol. The van der Waals surface area contributed by atoms with Crippen molar-refractivity contribution in [2.45, 2.75) is 6.42 Å². The van der Waals surface area contributed by atoms with Crippen molar-refractivity contribution in [1.82, 2.24) is 0 Å². The molecule has 0 aromatic heterocycles. The molecule has 0 bridgehead atoms. The number of para-hydroxylation sites is 1. The first-order chi connectivity index (χ1) is 10.5. The van der Waals surface area contributed by atoms with E-state index in [1.165, 1.54) is 0 Å². The van der Waals surface area contributed by atoms with Crippen molar-refractivity contribution >= 4 is 23.3 Å². The van der Waals surface area contributed by atoms with Gasteiger partial charge in [-0.25, -0.2) is 4.79 Å². The van der Waals surface area contributed by atoms with E-state index in [1.807, 2.05) is 30.3 Å². The summed E-state index contributed by atoms with van der Waals surface area (Å²) in [5.74, 6) is -1.54. The van der Waals surface area contributed by atoms with Crippen LogP contribution in [-0.4, -0.2) is 17.0 Å². The Morgan fingerprint density at radius 1 is 1.00 bits per heavy atom. The summed E-state index contributed by atoms with van der Waals surface area (Å²) in [7, 11) is 0. The van der Waals surface area contributed by atoms with E-state index in [4.69, 9.17) is 9.84 Å². The van der Waals surface area contributed by atoms with Crippen molar-refractivity contribution < 1.29 is 19.4 Å². The number of anilines is 2. The monoisotopic (exact) mass is 297 g/mol. The molecule has 0 aliphatic carbocycles. The first kappa shape index (κ1) is 15.3. The summed E-state index contributed by atoms with van der Waals surface area (Å²) in [6, 6.07) is 16.4. The Morgan fingerprint density at radius 2 is 1.59 bits per heavy atom. The third kappa shape index (κ3) is 4.49. The highest BCUT2D eigenvalue weighted by molar-refractivity contribution is 5.94. The molecule has 5 heteroatoms. The fraction of sp³-hybridized carbons (Fsp3) is 0.0588. The number of hydrogen-bond acceptors (Lipinski definition) is 4. The molecular weight excluding hydrogens is 282 g/mol. The Morgan fingerprint density at radius 3 is 2.18 bits per heavy atom. The van der Waals surface area contributed by atoms with E-state index < -0.39 is 18.4 Å². The van der Waals surface area contributed by atoms with E-state index in [0.717, 1.165) is 11.4 Å². The van der Waals surface area contributed by atoms with Crippen molar-refractivity contribution in [2.75, 3.05) is 5.32 Å². The highest BCUT2D eigenvalue weighted by Gasteiger charge is 2.13. The summed E-state index contributed by atoms with van der Waals surface area (Å²) in [5, 5.41) is 11.8. The molecule has 2 N–H and O–H groups in total. The Balaban J connectivity index is 1.96. The molecule has 2 aromatic rings. The molecule has 0 saturated carbocycles. The second-order valence-corrected chi connectivity index (χ2v) is 4.58. The van der Waals surface area contributed by atoms with Crippen LogP contribution in [-0.2, 0) is 9.59 Å². The van der Waals surface area contributed by atoms with Crippen molar-refractivity contribution in [2.24, 2.45) is 0 Å². The Kier molecular flexibility index (Phi) is 4.93. The Hall–Kier alpha value is -3.08. The van der Waals surface area contributed by atoms with Gasteiger partial charge >= 0.3 is 11.9 Å². The molecule has 0 aliphatic rings. The molecule has 0 atom stereocenters. The van der Waals surface area contributed by atoms with Crippen molar-refractivity contribution in [1.29, 1.82) is 0 Å². The number of nitrogens with one attached hydrogen (secondary N) is 1. The van der Waals surface area contributed by atoms with Gasteiger partial charge in [-0.1, -0.05) is 24.8 Å². The summed E-state index contributed by atoms with van der Waals surface area (Å²) in [6.45, 7) is 3.40. The van der Waals surface area contributed by atoms with Crippen LogP contribution >= 0.6 is 0 Å². The number of benzene rings is 2. The first-order valence-electron chi connectivity index (χ1n) is 6.58. The van der Waals surface area contributed by atoms with Crippen LogP contribution in [0.5, 0.6) is 5.75 Å². The summed E-state index contributed by atoms with van der Waals surface area (Å²) in [5.41, 5.74) is 1.69. The number of carbonyl (C=O) groups excluding carboxylic acids is 1. The lowest BCUT2D eigenvalue weighted by molar-refractivity contribution is -0.138. The maximum Gasteiger partial charge on any atom is 0.339 e. The van der Waals surface area contributed by atoms with Crippen molar-refractivity contribution in [3.63, 3.8) is 0 Å². The number of esters is 1. The molecule has 0 amide bonds. The number of carboxylic acids is 1. The van der Waals surface area contributed by atoms with E-state index in [2.05, 4.69) is 11.9 Å². The maximum absolute atomic E-state index is 11.6. The van der Waals surface area contributed by atoms with E-state index in [-0.39, 0.29) is 5.57 Å². The zero-order chi connectivity index (χ0) is 15.9. The van der Waals surface area contributed by atoms with Gasteiger partial charge in [0.2, 0.25) is 0 Å². The van der Waals surface area contributed by atoms with Gasteiger partial charge in [0.1, 0.15) is 5.75 Å². The molecule has 0 aliphatic heterocycles. The third-order valence-corrected chi connectivity index (χ3v) is 2.78. The normalized spacial score (nSPS) is 9.82. The average Bonchev–Trinajstić information content (AvgIpc) is 2.49. The van der Waals surface area contributed by atoms with E-state index >= 15 is 0 Å². The van der Waals surface area contributed by atoms with Crippen LogP contribution in [0.15, 0.2) is 66.7 Å². The van der Waals surface area contributed by atoms with E-state index in [1.54, 1.807) is 24.3 Å². The summed E-state index contributed by atoms with van der Waals surface area (Å²) < 4.78 is 5.05. The molecule has 22 heavy (non-hydrogen) atoms. The topological polar surface area (TPSA) is 75.6 Å². The molecule has 0 heterocycles. The van der Waals surface area contributed by atoms with Gasteiger partial charge in [-0.3, -0.25) is 4.79 Å². The van der Waals surface area contributed by atoms with E-state index in [9.17, 15) is 9.59 Å². The lowest BCUT2D eigenvalue weighted by Crippen LogP contribution is -2.13. The second kappa shape index (κ2) is 7.08. The predicted octanol–water partition coefficient (Wildman–Crippen LogP) is 3.37. The summed E-state index contributed by atoms with van der Waals surface area (Å²) >= 11 is 0. The molecule has 0 spiro atoms. The Bertz CT molecular complexity index is 678. The largest absolute Gasteiger partial charge is 0.481 e. The lowest BCUT2D eigenvalue weighted by Gasteiger charge is -2.08. The SMILES string of the molecule is C=C(CC(=O)O)C(=O)Oc1ccc(Nc2ccccc2)cc1. The molecule has 0 radical (unpaired) electrons. The minimum atomic E-state index is -1.12. The fourth-order valence-electron chi connectivity index (χ4n) is 1.73. The van der Waals surface area contributed by atoms with Gasteiger partial charge in [0.25, 0.3) is 0 Å². The van der Waals surface area contributed by atoms with Crippen LogP contribution in [0.3, 0.4) is 0 Å². The molecule has 5 nitrogen and oxygen atoms in total. The number of ether oxygens (including phenoxy) is 1. The molecule has 112 valence electrons. The smallest absolute Gasteiger partial charge is 0.339 e. The van der Waals surface area contributed by atoms with Crippen LogP contribution in [0.1, 0.15) is 6.42 Å². The summed E-state index contributed by atoms with van der Waals surface area (Å²) in [4.78, 5) is 22.1. The number of hydrogen-bond donors (Lipinski definition) is 2. The lowest BCUT2D eigenvalue weighted by atomic mass is 10.2. The van der Waals surface area contributed by atoms with Gasteiger partial charge in [-0.15, -0.1) is 0 Å². The molecule has 0 fully saturated rings. The van der Waals surface area contributed by atoms with E-state index in [0.29, 0.717) is 5.75 Å². The molecule has 0 saturated heterocycles. The highest BCUT2D eigenvalue weighted by Crippen LogP contribution is 2.20. The molecule has 0 unspecified atom stereocenters. The average molecular weight is 297 g/mol. The van der Waals surface area contributed by atoms with Crippen molar-refractivity contribution in [3.8, 4) is 5.75 Å². The zero-order valence-electron chi connectivity index (χ0n) is 11.8. The summed E-state index contributed by atoms with van der Waals surface area (Å²) in [6.07, 6.45) is -0.438. The number of aliphatic carboxylic acids is 1. The van der Waals surface area contributed by atoms with Crippen LogP contribution in [0.25, 0.3) is 0 Å². The number of carboxylic acid groups (broad SMARTS) is 1. The standard InChI is InChI=1S/C17H15NO4/c1-12(11-16(19)20)17(21)22-15-9-7-14(8-10-15)18-13-5-3-2-4-6-13/h2-10,18H,1,11H2,(H,19,20). The van der Waals surface area contributed by atoms with Crippen LogP contribution in [0.4, 0.5) is 11.4 Å². The minimum absolute atomic E-state index is 0.0982. The maximum atomic E-state index is 11.6. The van der Waals surface area contributed by atoms with Crippen LogP contribution in [0, 0.1) is 0 Å². The zero-order valence-corrected chi connectivity index (χ0v) is 11.8. The highest BCUT2D eigenvalue weighted by atomic mass is 16.5. The molecule has 2 rings (SSSR count). The molecule has 2 aromatic carbocycles. The van der Waals surface area contributed by atoms with Gasteiger partial charge < -0.3 is 15.2 Å². The quantitative estimate of drug-likeness (QED) is 0.486. The third-order valence-electron chi connectivity index (χ3n) is 2.78. The fourth-order valence-corrected chi connectivity index (χ4v) is 1.73. The minimum Gasteiger partial charge on any atom is -0.481 e. The van der Waals surface area contributed by atoms with Crippen LogP contribution < -0.4 is 10.1 Å². The molecular formula is C17H15NO4. The van der Waals surface area contributed by atoms with Gasteiger partial charge in [0, 0.05) is 16.9 Å². The van der Waals surface area contributed by atoms with Crippen molar-refractivity contribution in [3.05, 3.63) is 66.7 Å². The van der Waals surface area contributed by atoms with Gasteiger partial charge in [-0.05, 0) is 36.4 Å². The van der Waals surface area contributed by atoms with Gasteiger partial charge in [0.15, 0.2) is 0 Å². The van der Waals surface area contributed by atoms with Crippen LogP contribution in [0.2, 0.25) is 0 Å². The van der Waals surface area contributed by atoms with Gasteiger partial charge in [0.05, 0.1) is 6.42 Å². The van der Waals surface area contributed by atoms with Gasteiger partial charge in [-0.2, -0.15) is 0 Å². The first-order valence-corrected chi connectivity index (χ1v) is 6.58. The number of rotatable bonds is 6. The Labute approximate surface area is 127 Å².